The number of hydrogen-bond donors (Lipinski definition) is 1. The van der Waals surface area contributed by atoms with Crippen molar-refractivity contribution in [1.29, 1.82) is 0 Å². The average Bonchev–Trinajstić information content (AvgIpc) is 3.00. The molecule has 148 valence electrons. The number of halogens is 3. The Morgan fingerprint density at radius 3 is 2.66 bits per heavy atom. The van der Waals surface area contributed by atoms with Crippen LogP contribution in [-0.4, -0.2) is 25.9 Å². The summed E-state index contributed by atoms with van der Waals surface area (Å²) in [5.74, 6) is -0.0823. The van der Waals surface area contributed by atoms with Crippen molar-refractivity contribution in [3.63, 3.8) is 0 Å². The second-order valence-corrected chi connectivity index (χ2v) is 6.09. The van der Waals surface area contributed by atoms with Crippen LogP contribution in [-0.2, 0) is 0 Å². The summed E-state index contributed by atoms with van der Waals surface area (Å²) < 4.78 is 48.4. The summed E-state index contributed by atoms with van der Waals surface area (Å²) in [6.07, 6.45) is -0.275. The second-order valence-electron chi connectivity index (χ2n) is 6.09. The Morgan fingerprint density at radius 2 is 1.93 bits per heavy atom. The van der Waals surface area contributed by atoms with Gasteiger partial charge in [-0.3, -0.25) is 9.55 Å². The molecule has 1 N–H and O–H groups in total. The van der Waals surface area contributed by atoms with Gasteiger partial charge in [-0.2, -0.15) is 0 Å². The standard InChI is InChI=1S/C19H13F3N4O3/c1-11-2-4-13(8-16(11)29-19(20,21)22)28-17-5-3-12(9-24-17)26-15-6-7-23-10-14(15)25-18(26)27/h2-10H,1H3,(H,25,27). The van der Waals surface area contributed by atoms with Crippen LogP contribution in [0.5, 0.6) is 17.4 Å². The van der Waals surface area contributed by atoms with E-state index >= 15 is 0 Å². The largest absolute Gasteiger partial charge is 0.573 e. The number of benzene rings is 1. The van der Waals surface area contributed by atoms with Gasteiger partial charge < -0.3 is 14.5 Å². The molecule has 0 atom stereocenters. The molecule has 0 saturated carbocycles. The van der Waals surface area contributed by atoms with Crippen LogP contribution in [0.1, 0.15) is 5.56 Å². The first kappa shape index (κ1) is 18.5. The number of aromatic nitrogens is 4. The third-order valence-corrected chi connectivity index (χ3v) is 4.07. The molecule has 0 aliphatic rings. The van der Waals surface area contributed by atoms with Gasteiger partial charge in [0.1, 0.15) is 11.5 Å². The highest BCUT2D eigenvalue weighted by molar-refractivity contribution is 5.75. The molecule has 10 heteroatoms. The van der Waals surface area contributed by atoms with Crippen LogP contribution < -0.4 is 15.2 Å². The van der Waals surface area contributed by atoms with Crippen molar-refractivity contribution in [2.75, 3.05) is 0 Å². The predicted molar refractivity (Wildman–Crippen MR) is 97.4 cm³/mol. The molecule has 0 spiro atoms. The van der Waals surface area contributed by atoms with Crippen molar-refractivity contribution in [1.82, 2.24) is 19.5 Å². The smallest absolute Gasteiger partial charge is 0.439 e. The lowest BCUT2D eigenvalue weighted by Crippen LogP contribution is -2.17. The molecule has 1 aromatic carbocycles. The minimum atomic E-state index is -4.80. The number of nitrogens with one attached hydrogen (secondary N) is 1. The van der Waals surface area contributed by atoms with Crippen molar-refractivity contribution < 1.29 is 22.6 Å². The Bertz CT molecular complexity index is 1230. The van der Waals surface area contributed by atoms with Crippen molar-refractivity contribution in [3.8, 4) is 23.1 Å². The summed E-state index contributed by atoms with van der Waals surface area (Å²) in [6, 6.07) is 8.89. The molecule has 7 nitrogen and oxygen atoms in total. The monoisotopic (exact) mass is 402 g/mol. The van der Waals surface area contributed by atoms with Gasteiger partial charge in [-0.15, -0.1) is 13.2 Å². The Morgan fingerprint density at radius 1 is 1.10 bits per heavy atom. The number of nitrogens with zero attached hydrogens (tertiary/aromatic N) is 3. The van der Waals surface area contributed by atoms with Crippen LogP contribution >= 0.6 is 0 Å². The van der Waals surface area contributed by atoms with Gasteiger partial charge in [-0.05, 0) is 30.7 Å². The summed E-state index contributed by atoms with van der Waals surface area (Å²) in [5, 5.41) is 0. The number of fused-ring (bicyclic) bond motifs is 1. The van der Waals surface area contributed by atoms with Gasteiger partial charge in [0.05, 0.1) is 29.1 Å². The SMILES string of the molecule is Cc1ccc(Oc2ccc(-n3c(=O)[nH]c4cnccc43)cn2)cc1OC(F)(F)F. The van der Waals surface area contributed by atoms with E-state index < -0.39 is 6.36 Å². The summed E-state index contributed by atoms with van der Waals surface area (Å²) in [5.41, 5.74) is 1.66. The van der Waals surface area contributed by atoms with Gasteiger partial charge >= 0.3 is 12.1 Å². The molecule has 0 saturated heterocycles. The van der Waals surface area contributed by atoms with E-state index in [1.54, 1.807) is 18.3 Å². The number of ether oxygens (including phenoxy) is 2. The zero-order valence-electron chi connectivity index (χ0n) is 14.9. The molecule has 4 aromatic rings. The fourth-order valence-corrected chi connectivity index (χ4v) is 2.78. The van der Waals surface area contributed by atoms with Gasteiger partial charge in [0.2, 0.25) is 5.88 Å². The van der Waals surface area contributed by atoms with E-state index in [1.807, 2.05) is 0 Å². The van der Waals surface area contributed by atoms with E-state index in [-0.39, 0.29) is 23.1 Å². The summed E-state index contributed by atoms with van der Waals surface area (Å²) in [6.45, 7) is 1.49. The van der Waals surface area contributed by atoms with Gasteiger partial charge in [0, 0.05) is 18.3 Å². The quantitative estimate of drug-likeness (QED) is 0.556. The molecular weight excluding hydrogens is 389 g/mol. The van der Waals surface area contributed by atoms with E-state index in [0.29, 0.717) is 22.3 Å². The summed E-state index contributed by atoms with van der Waals surface area (Å²) in [4.78, 5) is 23.0. The highest BCUT2D eigenvalue weighted by atomic mass is 19.4. The highest BCUT2D eigenvalue weighted by Crippen LogP contribution is 2.31. The Labute approximate surface area is 161 Å². The van der Waals surface area contributed by atoms with Crippen molar-refractivity contribution in [2.24, 2.45) is 0 Å². The van der Waals surface area contributed by atoms with Crippen LogP contribution in [0.15, 0.2) is 59.8 Å². The zero-order valence-corrected chi connectivity index (χ0v) is 14.9. The number of imidazole rings is 1. The topological polar surface area (TPSA) is 82.0 Å². The van der Waals surface area contributed by atoms with Gasteiger partial charge in [-0.25, -0.2) is 9.78 Å². The van der Waals surface area contributed by atoms with Crippen molar-refractivity contribution in [2.45, 2.75) is 13.3 Å². The van der Waals surface area contributed by atoms with E-state index in [4.69, 9.17) is 4.74 Å². The number of alkyl halides is 3. The van der Waals surface area contributed by atoms with E-state index in [2.05, 4.69) is 19.7 Å². The van der Waals surface area contributed by atoms with E-state index in [0.717, 1.165) is 6.07 Å². The minimum Gasteiger partial charge on any atom is -0.439 e. The lowest BCUT2D eigenvalue weighted by atomic mass is 10.2. The molecular formula is C19H13F3N4O3. The number of aromatic amines is 1. The lowest BCUT2D eigenvalue weighted by Gasteiger charge is -2.13. The molecule has 4 rings (SSSR count). The Hall–Kier alpha value is -3.82. The van der Waals surface area contributed by atoms with Crippen LogP contribution in [0.2, 0.25) is 0 Å². The third kappa shape index (κ3) is 3.91. The van der Waals surface area contributed by atoms with Crippen LogP contribution in [0.25, 0.3) is 16.7 Å². The molecule has 3 heterocycles. The molecule has 0 bridgehead atoms. The average molecular weight is 402 g/mol. The van der Waals surface area contributed by atoms with Crippen LogP contribution in [0.4, 0.5) is 13.2 Å². The van der Waals surface area contributed by atoms with Crippen LogP contribution in [0.3, 0.4) is 0 Å². The van der Waals surface area contributed by atoms with Gasteiger partial charge in [0.15, 0.2) is 0 Å². The van der Waals surface area contributed by atoms with Crippen molar-refractivity contribution >= 4 is 11.0 Å². The van der Waals surface area contributed by atoms with E-state index in [1.165, 1.54) is 42.1 Å². The lowest BCUT2D eigenvalue weighted by molar-refractivity contribution is -0.274. The van der Waals surface area contributed by atoms with Gasteiger partial charge in [0.25, 0.3) is 0 Å². The number of rotatable bonds is 4. The molecule has 0 fully saturated rings. The fraction of sp³-hybridized carbons (Fsp3) is 0.105. The number of aryl methyl sites for hydroxylation is 1. The maximum Gasteiger partial charge on any atom is 0.573 e. The maximum atomic E-state index is 12.5. The molecule has 0 aliphatic heterocycles. The minimum absolute atomic E-state index is 0.130. The zero-order chi connectivity index (χ0) is 20.6. The maximum absolute atomic E-state index is 12.5. The summed E-state index contributed by atoms with van der Waals surface area (Å²) >= 11 is 0. The number of H-pyrrole nitrogens is 1. The summed E-state index contributed by atoms with van der Waals surface area (Å²) in [7, 11) is 0. The fourth-order valence-electron chi connectivity index (χ4n) is 2.78. The highest BCUT2D eigenvalue weighted by Gasteiger charge is 2.31. The number of hydrogen-bond acceptors (Lipinski definition) is 5. The van der Waals surface area contributed by atoms with Crippen LogP contribution in [0, 0.1) is 6.92 Å². The molecule has 0 aliphatic carbocycles. The second kappa shape index (κ2) is 6.97. The Balaban J connectivity index is 1.60. The molecule has 3 aromatic heterocycles. The molecule has 0 unspecified atom stereocenters. The molecule has 29 heavy (non-hydrogen) atoms. The first-order valence-electron chi connectivity index (χ1n) is 8.35. The normalized spacial score (nSPS) is 11.6. The first-order valence-corrected chi connectivity index (χ1v) is 8.35. The van der Waals surface area contributed by atoms with E-state index in [9.17, 15) is 18.0 Å². The Kier molecular flexibility index (Phi) is 4.45. The van der Waals surface area contributed by atoms with Gasteiger partial charge in [-0.1, -0.05) is 6.07 Å². The van der Waals surface area contributed by atoms with Crippen molar-refractivity contribution in [3.05, 3.63) is 71.0 Å². The molecule has 0 radical (unpaired) electrons. The number of pyridine rings is 2. The first-order chi connectivity index (χ1) is 13.8. The third-order valence-electron chi connectivity index (χ3n) is 4.07. The predicted octanol–water partition coefficient (Wildman–Crippen LogP) is 4.11. The molecule has 0 amide bonds.